The quantitative estimate of drug-likeness (QED) is 0.516. The van der Waals surface area contributed by atoms with Crippen LogP contribution in [0.4, 0.5) is 4.39 Å². The molecular formula is C25H24FN3O4. The van der Waals surface area contributed by atoms with Crippen LogP contribution in [-0.4, -0.2) is 40.4 Å². The molecule has 0 saturated carbocycles. The Labute approximate surface area is 190 Å². The van der Waals surface area contributed by atoms with E-state index in [4.69, 9.17) is 4.74 Å². The van der Waals surface area contributed by atoms with E-state index in [-0.39, 0.29) is 24.8 Å². The van der Waals surface area contributed by atoms with Gasteiger partial charge in [-0.3, -0.25) is 14.3 Å². The van der Waals surface area contributed by atoms with Gasteiger partial charge in [0.25, 0.3) is 5.91 Å². The lowest BCUT2D eigenvalue weighted by Gasteiger charge is -2.30. The number of amides is 1. The number of aromatic hydroxyl groups is 1. The lowest BCUT2D eigenvalue weighted by molar-refractivity contribution is 0.0725. The van der Waals surface area contributed by atoms with Crippen LogP contribution in [0.25, 0.3) is 0 Å². The number of carbonyl (C=O) groups is 1. The van der Waals surface area contributed by atoms with Crippen molar-refractivity contribution in [2.24, 2.45) is 0 Å². The number of fused-ring (bicyclic) bond motifs is 1. The predicted molar refractivity (Wildman–Crippen MR) is 123 cm³/mol. The summed E-state index contributed by atoms with van der Waals surface area (Å²) < 4.78 is 20.9. The maximum Gasteiger partial charge on any atom is 0.277 e. The second-order valence-electron chi connectivity index (χ2n) is 7.62. The number of rotatable bonds is 8. The van der Waals surface area contributed by atoms with Gasteiger partial charge in [0.05, 0.1) is 0 Å². The summed E-state index contributed by atoms with van der Waals surface area (Å²) in [5.41, 5.74) is 4.29. The summed E-state index contributed by atoms with van der Waals surface area (Å²) in [6.07, 6.45) is 6.30. The molecule has 0 bridgehead atoms. The summed E-state index contributed by atoms with van der Waals surface area (Å²) >= 11 is 0. The maximum atomic E-state index is 13.7. The highest BCUT2D eigenvalue weighted by Crippen LogP contribution is 2.23. The van der Waals surface area contributed by atoms with E-state index >= 15 is 0 Å². The van der Waals surface area contributed by atoms with Gasteiger partial charge in [0.2, 0.25) is 5.43 Å². The number of carbonyl (C=O) groups excluding carboxylic acids is 1. The Morgan fingerprint density at radius 3 is 2.73 bits per heavy atom. The van der Waals surface area contributed by atoms with Gasteiger partial charge in [0.1, 0.15) is 24.8 Å². The summed E-state index contributed by atoms with van der Waals surface area (Å²) in [6.45, 7) is 0.908. The number of pyridine rings is 1. The topological polar surface area (TPSA) is 83.8 Å². The lowest BCUT2D eigenvalue weighted by atomic mass is 10.0. The van der Waals surface area contributed by atoms with Crippen molar-refractivity contribution in [3.63, 3.8) is 0 Å². The third-order valence-electron chi connectivity index (χ3n) is 5.33. The van der Waals surface area contributed by atoms with Gasteiger partial charge in [-0.25, -0.2) is 4.39 Å². The fourth-order valence-electron chi connectivity index (χ4n) is 3.61. The first-order valence-electron chi connectivity index (χ1n) is 10.6. The Hall–Kier alpha value is -4.07. The summed E-state index contributed by atoms with van der Waals surface area (Å²) in [5, 5.41) is 9.94. The molecule has 1 aliphatic heterocycles. The summed E-state index contributed by atoms with van der Waals surface area (Å²) in [6, 6.07) is 15.6. The lowest BCUT2D eigenvalue weighted by Crippen LogP contribution is -2.46. The van der Waals surface area contributed by atoms with Crippen molar-refractivity contribution in [3.8, 4) is 11.5 Å². The van der Waals surface area contributed by atoms with Crippen molar-refractivity contribution in [2.45, 2.75) is 12.8 Å². The van der Waals surface area contributed by atoms with E-state index < -0.39 is 17.1 Å². The molecule has 1 aliphatic rings. The van der Waals surface area contributed by atoms with E-state index in [1.165, 1.54) is 34.0 Å². The molecule has 0 spiro atoms. The summed E-state index contributed by atoms with van der Waals surface area (Å²) in [7, 11) is 0. The van der Waals surface area contributed by atoms with Crippen molar-refractivity contribution in [1.82, 2.24) is 9.58 Å². The molecule has 0 aliphatic carbocycles. The average Bonchev–Trinajstić information content (AvgIpc) is 2.82. The SMILES string of the molecule is O=C1c2c(O)c(=O)ccn2NCN1CC/C=C/COc1cc(F)ccc1Cc1ccccc1. The number of nitrogens with zero attached hydrogens (tertiary/aromatic N) is 2. The van der Waals surface area contributed by atoms with Crippen LogP contribution in [0.5, 0.6) is 11.5 Å². The van der Waals surface area contributed by atoms with Gasteiger partial charge in [-0.15, -0.1) is 0 Å². The van der Waals surface area contributed by atoms with Gasteiger partial charge in [-0.1, -0.05) is 48.6 Å². The number of ether oxygens (including phenoxy) is 1. The van der Waals surface area contributed by atoms with Crippen molar-refractivity contribution < 1.29 is 19.0 Å². The zero-order valence-electron chi connectivity index (χ0n) is 17.9. The molecule has 0 fully saturated rings. The van der Waals surface area contributed by atoms with Crippen molar-refractivity contribution >= 4 is 5.91 Å². The first kappa shape index (κ1) is 22.1. The molecule has 1 amide bonds. The number of hydrogen-bond donors (Lipinski definition) is 2. The van der Waals surface area contributed by atoms with E-state index in [2.05, 4.69) is 5.43 Å². The van der Waals surface area contributed by atoms with Gasteiger partial charge < -0.3 is 20.2 Å². The molecule has 0 unspecified atom stereocenters. The Bertz CT molecular complexity index is 1220. The molecule has 33 heavy (non-hydrogen) atoms. The molecule has 8 heteroatoms. The minimum Gasteiger partial charge on any atom is -0.502 e. The number of nitrogens with one attached hydrogen (secondary N) is 1. The third-order valence-corrected chi connectivity index (χ3v) is 5.33. The van der Waals surface area contributed by atoms with Crippen molar-refractivity contribution in [2.75, 3.05) is 25.2 Å². The van der Waals surface area contributed by atoms with E-state index in [1.54, 1.807) is 6.07 Å². The van der Waals surface area contributed by atoms with Crippen LogP contribution >= 0.6 is 0 Å². The number of halogens is 1. The third kappa shape index (κ3) is 5.23. The molecule has 0 radical (unpaired) electrons. The molecule has 2 N–H and O–H groups in total. The van der Waals surface area contributed by atoms with Gasteiger partial charge >= 0.3 is 0 Å². The summed E-state index contributed by atoms with van der Waals surface area (Å²) in [5.74, 6) is -0.843. The van der Waals surface area contributed by atoms with E-state index in [0.29, 0.717) is 25.1 Å². The van der Waals surface area contributed by atoms with Crippen LogP contribution in [0.3, 0.4) is 0 Å². The van der Waals surface area contributed by atoms with Crippen molar-refractivity contribution in [3.05, 3.63) is 106 Å². The molecule has 3 aromatic rings. The zero-order valence-corrected chi connectivity index (χ0v) is 17.9. The van der Waals surface area contributed by atoms with Crippen LogP contribution in [-0.2, 0) is 6.42 Å². The largest absolute Gasteiger partial charge is 0.502 e. The average molecular weight is 449 g/mol. The first-order chi connectivity index (χ1) is 16.0. The maximum absolute atomic E-state index is 13.7. The highest BCUT2D eigenvalue weighted by molar-refractivity contribution is 5.96. The van der Waals surface area contributed by atoms with E-state index in [0.717, 1.165) is 11.1 Å². The highest BCUT2D eigenvalue weighted by Gasteiger charge is 2.27. The molecule has 2 aromatic carbocycles. The van der Waals surface area contributed by atoms with E-state index in [9.17, 15) is 19.1 Å². The molecule has 0 atom stereocenters. The molecular weight excluding hydrogens is 425 g/mol. The van der Waals surface area contributed by atoms with Crippen LogP contribution in [0.15, 0.2) is 77.7 Å². The molecule has 0 saturated heterocycles. The highest BCUT2D eigenvalue weighted by atomic mass is 19.1. The molecule has 4 rings (SSSR count). The zero-order chi connectivity index (χ0) is 23.2. The molecule has 2 heterocycles. The normalized spacial score (nSPS) is 13.1. The van der Waals surface area contributed by atoms with Gasteiger partial charge in [0.15, 0.2) is 11.4 Å². The fraction of sp³-hybridized carbons (Fsp3) is 0.200. The smallest absolute Gasteiger partial charge is 0.277 e. The second-order valence-corrected chi connectivity index (χ2v) is 7.62. The number of benzene rings is 2. The first-order valence-corrected chi connectivity index (χ1v) is 10.6. The molecule has 170 valence electrons. The van der Waals surface area contributed by atoms with Gasteiger partial charge in [-0.2, -0.15) is 0 Å². The van der Waals surface area contributed by atoms with Crippen molar-refractivity contribution in [1.29, 1.82) is 0 Å². The predicted octanol–water partition coefficient (Wildman–Crippen LogP) is 3.27. The Morgan fingerprint density at radius 2 is 1.91 bits per heavy atom. The van der Waals surface area contributed by atoms with Gasteiger partial charge in [-0.05, 0) is 23.6 Å². The number of hydrogen-bond acceptors (Lipinski definition) is 5. The minimum absolute atomic E-state index is 0.0712. The van der Waals surface area contributed by atoms with E-state index in [1.807, 2.05) is 42.5 Å². The fourth-order valence-corrected chi connectivity index (χ4v) is 3.61. The molecule has 7 nitrogen and oxygen atoms in total. The second kappa shape index (κ2) is 10.0. The minimum atomic E-state index is -0.598. The van der Waals surface area contributed by atoms with Crippen LogP contribution in [0, 0.1) is 5.82 Å². The van der Waals surface area contributed by atoms with Gasteiger partial charge in [0, 0.05) is 31.3 Å². The van der Waals surface area contributed by atoms with Crippen LogP contribution in [0.1, 0.15) is 28.0 Å². The van der Waals surface area contributed by atoms with Crippen LogP contribution < -0.4 is 15.6 Å². The Balaban J connectivity index is 1.31. The number of aromatic nitrogens is 1. The summed E-state index contributed by atoms with van der Waals surface area (Å²) in [4.78, 5) is 25.7. The standard InChI is InChI=1S/C25H24FN3O4/c26-20-10-9-19(15-18-7-3-1-4-8-18)22(16-20)33-14-6-2-5-12-28-17-27-29-13-11-21(30)24(31)23(29)25(28)32/h1-4,6-11,13,16,27,31H,5,12,14-15,17H2/b6-2+. The monoisotopic (exact) mass is 449 g/mol. The Morgan fingerprint density at radius 1 is 1.09 bits per heavy atom. The van der Waals surface area contributed by atoms with Crippen LogP contribution in [0.2, 0.25) is 0 Å². The molecule has 1 aromatic heterocycles. The Kier molecular flexibility index (Phi) is 6.73.